The lowest BCUT2D eigenvalue weighted by molar-refractivity contribution is -0.143. The Balaban J connectivity index is 3.36. The van der Waals surface area contributed by atoms with Crippen molar-refractivity contribution in [3.05, 3.63) is 24.3 Å². The molecular formula is C79H153NO5. The Morgan fingerprint density at radius 2 is 0.553 bits per heavy atom. The zero-order chi connectivity index (χ0) is 61.3. The van der Waals surface area contributed by atoms with Crippen molar-refractivity contribution in [1.29, 1.82) is 0 Å². The molecular weight excluding hydrogens is 1040 g/mol. The fourth-order valence-electron chi connectivity index (χ4n) is 12.5. The van der Waals surface area contributed by atoms with Gasteiger partial charge in [0, 0.05) is 12.8 Å². The molecule has 0 aromatic heterocycles. The van der Waals surface area contributed by atoms with Gasteiger partial charge in [0.2, 0.25) is 5.91 Å². The summed E-state index contributed by atoms with van der Waals surface area (Å²) in [5, 5.41) is 23.3. The normalized spacial score (nSPS) is 12.6. The molecule has 0 aliphatic rings. The molecule has 0 spiro atoms. The minimum atomic E-state index is -0.843. The summed E-state index contributed by atoms with van der Waals surface area (Å²) in [4.78, 5) is 24.6. The molecule has 85 heavy (non-hydrogen) atoms. The van der Waals surface area contributed by atoms with E-state index in [0.717, 1.165) is 44.9 Å². The highest BCUT2D eigenvalue weighted by Gasteiger charge is 2.18. The van der Waals surface area contributed by atoms with E-state index in [4.69, 9.17) is 4.74 Å². The van der Waals surface area contributed by atoms with Crippen molar-refractivity contribution in [3.63, 3.8) is 0 Å². The maximum atomic E-state index is 12.5. The Hall–Kier alpha value is -1.66. The Morgan fingerprint density at radius 3 is 0.835 bits per heavy atom. The van der Waals surface area contributed by atoms with Crippen LogP contribution < -0.4 is 5.32 Å². The molecule has 6 heteroatoms. The lowest BCUT2D eigenvalue weighted by Gasteiger charge is -2.20. The topological polar surface area (TPSA) is 95.9 Å². The van der Waals surface area contributed by atoms with E-state index >= 15 is 0 Å². The molecule has 0 aliphatic heterocycles. The summed E-state index contributed by atoms with van der Waals surface area (Å²) in [6, 6.07) is -0.626. The smallest absolute Gasteiger partial charge is 0.305 e. The third-order valence-electron chi connectivity index (χ3n) is 18.5. The molecule has 6 nitrogen and oxygen atoms in total. The fraction of sp³-hybridized carbons (Fsp3) is 0.924. The van der Waals surface area contributed by atoms with Crippen molar-refractivity contribution in [2.45, 2.75) is 456 Å². The highest BCUT2D eigenvalue weighted by atomic mass is 16.5. The van der Waals surface area contributed by atoms with Crippen molar-refractivity contribution in [2.75, 3.05) is 13.2 Å². The number of nitrogens with one attached hydrogen (secondary N) is 1. The van der Waals surface area contributed by atoms with Crippen molar-refractivity contribution in [2.24, 2.45) is 0 Å². The number of amides is 1. The zero-order valence-electron chi connectivity index (χ0n) is 57.9. The van der Waals surface area contributed by atoms with Crippen molar-refractivity contribution in [3.8, 4) is 0 Å². The number of carbonyl (C=O) groups excluding carboxylic acids is 2. The molecule has 0 aromatic rings. The molecule has 3 N–H and O–H groups in total. The molecule has 0 bridgehead atoms. The molecule has 2 atom stereocenters. The molecule has 1 amide bonds. The molecule has 2 unspecified atom stereocenters. The van der Waals surface area contributed by atoms with Gasteiger partial charge in [0.25, 0.3) is 0 Å². The predicted molar refractivity (Wildman–Crippen MR) is 375 cm³/mol. The number of hydrogen-bond donors (Lipinski definition) is 3. The summed E-state index contributed by atoms with van der Waals surface area (Å²) in [6.45, 7) is 4.95. The van der Waals surface area contributed by atoms with E-state index in [2.05, 4.69) is 31.3 Å². The van der Waals surface area contributed by atoms with Crippen LogP contribution >= 0.6 is 0 Å². The molecule has 0 saturated heterocycles. The number of ether oxygens (including phenoxy) is 1. The number of rotatable bonds is 74. The molecule has 0 fully saturated rings. The summed E-state index contributed by atoms with van der Waals surface area (Å²) in [6.07, 6.45) is 95.8. The van der Waals surface area contributed by atoms with E-state index in [9.17, 15) is 19.8 Å². The van der Waals surface area contributed by atoms with E-state index in [1.807, 2.05) is 6.08 Å². The summed E-state index contributed by atoms with van der Waals surface area (Å²) >= 11 is 0. The predicted octanol–water partition coefficient (Wildman–Crippen LogP) is 25.7. The SMILES string of the molecule is CCCCCCCC/C=C\CCCCCCCC(=O)OCCCCCCCCCCCCCCCCCCCCCCCCCCCCCCCCC(=O)NC(CO)C(O)/C=C/CCCCCCCCCCCCCCCCCCCCCCC. The monoisotopic (exact) mass is 1200 g/mol. The Bertz CT molecular complexity index is 1330. The van der Waals surface area contributed by atoms with Crippen LogP contribution in [0.5, 0.6) is 0 Å². The van der Waals surface area contributed by atoms with E-state index < -0.39 is 12.1 Å². The first kappa shape index (κ1) is 83.3. The van der Waals surface area contributed by atoms with Crippen LogP contribution in [0.25, 0.3) is 0 Å². The Labute approximate surface area is 532 Å². The molecule has 0 aromatic carbocycles. The first-order valence-corrected chi connectivity index (χ1v) is 39.1. The molecule has 0 aliphatic carbocycles. The minimum absolute atomic E-state index is 0.0128. The number of hydrogen-bond acceptors (Lipinski definition) is 5. The third kappa shape index (κ3) is 71.3. The second-order valence-electron chi connectivity index (χ2n) is 27.0. The summed E-state index contributed by atoms with van der Waals surface area (Å²) in [5.74, 6) is -0.0462. The van der Waals surface area contributed by atoms with Crippen LogP contribution in [0.1, 0.15) is 444 Å². The van der Waals surface area contributed by atoms with Crippen LogP contribution in [0.15, 0.2) is 24.3 Å². The summed E-state index contributed by atoms with van der Waals surface area (Å²) in [7, 11) is 0. The number of carbonyl (C=O) groups is 2. The van der Waals surface area contributed by atoms with E-state index in [0.29, 0.717) is 19.4 Å². The van der Waals surface area contributed by atoms with Gasteiger partial charge in [0.1, 0.15) is 0 Å². The number of allylic oxidation sites excluding steroid dienone is 3. The fourth-order valence-corrected chi connectivity index (χ4v) is 12.5. The molecule has 504 valence electrons. The van der Waals surface area contributed by atoms with Gasteiger partial charge < -0.3 is 20.3 Å². The van der Waals surface area contributed by atoms with Crippen molar-refractivity contribution < 1.29 is 24.5 Å². The van der Waals surface area contributed by atoms with Crippen LogP contribution in [0.2, 0.25) is 0 Å². The van der Waals surface area contributed by atoms with Gasteiger partial charge in [0.15, 0.2) is 0 Å². The summed E-state index contributed by atoms with van der Waals surface area (Å²) in [5.41, 5.74) is 0. The first-order chi connectivity index (χ1) is 42.0. The second-order valence-corrected chi connectivity index (χ2v) is 27.0. The van der Waals surface area contributed by atoms with Crippen LogP contribution in [0.3, 0.4) is 0 Å². The molecule has 0 rings (SSSR count). The van der Waals surface area contributed by atoms with Crippen LogP contribution in [0.4, 0.5) is 0 Å². The van der Waals surface area contributed by atoms with Gasteiger partial charge in [0.05, 0.1) is 25.4 Å². The second kappa shape index (κ2) is 74.8. The van der Waals surface area contributed by atoms with E-state index in [1.54, 1.807) is 6.08 Å². The van der Waals surface area contributed by atoms with E-state index in [1.165, 1.54) is 372 Å². The zero-order valence-corrected chi connectivity index (χ0v) is 57.9. The van der Waals surface area contributed by atoms with Gasteiger partial charge in [-0.1, -0.05) is 398 Å². The van der Waals surface area contributed by atoms with Gasteiger partial charge >= 0.3 is 5.97 Å². The lowest BCUT2D eigenvalue weighted by Crippen LogP contribution is -2.45. The quantitative estimate of drug-likeness (QED) is 0.0320. The maximum Gasteiger partial charge on any atom is 0.305 e. The summed E-state index contributed by atoms with van der Waals surface area (Å²) < 4.78 is 5.50. The van der Waals surface area contributed by atoms with Gasteiger partial charge in [-0.25, -0.2) is 0 Å². The largest absolute Gasteiger partial charge is 0.466 e. The average molecular weight is 1200 g/mol. The number of unbranched alkanes of at least 4 members (excludes halogenated alkanes) is 61. The van der Waals surface area contributed by atoms with E-state index in [-0.39, 0.29) is 18.5 Å². The van der Waals surface area contributed by atoms with Gasteiger partial charge in [-0.3, -0.25) is 9.59 Å². The Kier molecular flexibility index (Phi) is 73.3. The number of aliphatic hydroxyl groups excluding tert-OH is 2. The molecule has 0 saturated carbocycles. The number of esters is 1. The average Bonchev–Trinajstić information content (AvgIpc) is 3.51. The molecule has 0 radical (unpaired) electrons. The van der Waals surface area contributed by atoms with Crippen LogP contribution in [-0.2, 0) is 14.3 Å². The van der Waals surface area contributed by atoms with Gasteiger partial charge in [-0.05, 0) is 57.8 Å². The standard InChI is InChI=1S/C79H153NO5/c1-3-5-7-9-11-13-15-17-19-20-21-22-31-34-37-40-44-47-51-55-59-63-67-71-77(82)76(75-81)80-78(83)72-68-64-60-56-52-48-45-41-38-35-32-29-27-25-23-24-26-28-30-33-36-39-42-46-50-54-58-62-66-70-74-85-79(84)73-69-65-61-57-53-49-43-18-16-14-12-10-8-6-4-2/h18,43,67,71,76-77,81-82H,3-17,19-42,44-66,68-70,72-75H2,1-2H3,(H,80,83)/b43-18-,71-67+. The molecule has 0 heterocycles. The van der Waals surface area contributed by atoms with Crippen LogP contribution in [-0.4, -0.2) is 47.4 Å². The minimum Gasteiger partial charge on any atom is -0.466 e. The first-order valence-electron chi connectivity index (χ1n) is 39.1. The highest BCUT2D eigenvalue weighted by molar-refractivity contribution is 5.76. The third-order valence-corrected chi connectivity index (χ3v) is 18.5. The highest BCUT2D eigenvalue weighted by Crippen LogP contribution is 2.20. The maximum absolute atomic E-state index is 12.5. The van der Waals surface area contributed by atoms with Crippen LogP contribution in [0, 0.1) is 0 Å². The van der Waals surface area contributed by atoms with Gasteiger partial charge in [-0.15, -0.1) is 0 Å². The van der Waals surface area contributed by atoms with Gasteiger partial charge in [-0.2, -0.15) is 0 Å². The lowest BCUT2D eigenvalue weighted by atomic mass is 10.0. The Morgan fingerprint density at radius 1 is 0.318 bits per heavy atom. The van der Waals surface area contributed by atoms with Crippen molar-refractivity contribution in [1.82, 2.24) is 5.32 Å². The van der Waals surface area contributed by atoms with Crippen molar-refractivity contribution >= 4 is 11.9 Å². The number of aliphatic hydroxyl groups is 2.